The number of hydrogen-bond acceptors (Lipinski definition) is 5. The lowest BCUT2D eigenvalue weighted by molar-refractivity contribution is 0.0461. The molecule has 1 aliphatic carbocycles. The number of carbonyl (C=O) groups is 1. The predicted octanol–water partition coefficient (Wildman–Crippen LogP) is 3.45. The summed E-state index contributed by atoms with van der Waals surface area (Å²) in [7, 11) is 0. The zero-order valence-corrected chi connectivity index (χ0v) is 15.0. The van der Waals surface area contributed by atoms with Crippen molar-refractivity contribution in [2.24, 2.45) is 0 Å². The van der Waals surface area contributed by atoms with Gasteiger partial charge >= 0.3 is 5.97 Å². The number of nitrogens with one attached hydrogen (secondary N) is 1. The molecule has 0 aliphatic heterocycles. The quantitative estimate of drug-likeness (QED) is 0.731. The zero-order valence-electron chi connectivity index (χ0n) is 14.1. The van der Waals surface area contributed by atoms with Crippen LogP contribution < -0.4 is 5.56 Å². The second kappa shape index (κ2) is 6.11. The Kier molecular flexibility index (Phi) is 3.92. The SMILES string of the molecule is Cc1ccc(C(=O)OCc2nc3sc4c(c3c(=O)[nH]2)CCC4)c(C)c1. The third-order valence-electron chi connectivity index (χ3n) is 4.57. The van der Waals surface area contributed by atoms with E-state index >= 15 is 0 Å². The van der Waals surface area contributed by atoms with Crippen LogP contribution in [0.2, 0.25) is 0 Å². The highest BCUT2D eigenvalue weighted by atomic mass is 32.1. The van der Waals surface area contributed by atoms with Crippen molar-refractivity contribution in [1.82, 2.24) is 9.97 Å². The predicted molar refractivity (Wildman–Crippen MR) is 97.3 cm³/mol. The minimum atomic E-state index is -0.408. The number of H-pyrrole nitrogens is 1. The Balaban J connectivity index is 1.57. The van der Waals surface area contributed by atoms with Crippen LogP contribution in [0.15, 0.2) is 23.0 Å². The van der Waals surface area contributed by atoms with E-state index in [0.29, 0.717) is 16.8 Å². The molecule has 3 aromatic rings. The number of hydrogen-bond donors (Lipinski definition) is 1. The highest BCUT2D eigenvalue weighted by molar-refractivity contribution is 7.18. The molecule has 128 valence electrons. The lowest BCUT2D eigenvalue weighted by Gasteiger charge is -2.07. The molecule has 1 N–H and O–H groups in total. The fourth-order valence-corrected chi connectivity index (χ4v) is 4.65. The van der Waals surface area contributed by atoms with E-state index in [1.807, 2.05) is 26.0 Å². The number of esters is 1. The van der Waals surface area contributed by atoms with Crippen molar-refractivity contribution in [2.45, 2.75) is 39.7 Å². The van der Waals surface area contributed by atoms with Gasteiger partial charge < -0.3 is 9.72 Å². The molecule has 0 fully saturated rings. The molecular weight excluding hydrogens is 336 g/mol. The van der Waals surface area contributed by atoms with E-state index in [-0.39, 0.29) is 12.2 Å². The number of fused-ring (bicyclic) bond motifs is 3. The molecule has 0 amide bonds. The van der Waals surface area contributed by atoms with Gasteiger partial charge in [0.15, 0.2) is 0 Å². The smallest absolute Gasteiger partial charge is 0.338 e. The van der Waals surface area contributed by atoms with Gasteiger partial charge in [0.05, 0.1) is 10.9 Å². The standard InChI is InChI=1S/C19H18N2O3S/c1-10-6-7-12(11(2)8-10)19(23)24-9-15-20-17(22)16-13-4-3-5-14(13)25-18(16)21-15/h6-8H,3-5,9H2,1-2H3,(H,20,21,22). The first-order valence-electron chi connectivity index (χ1n) is 8.31. The molecule has 0 spiro atoms. The largest absolute Gasteiger partial charge is 0.454 e. The van der Waals surface area contributed by atoms with Gasteiger partial charge in [-0.2, -0.15) is 0 Å². The summed E-state index contributed by atoms with van der Waals surface area (Å²) in [5.74, 6) is -0.0236. The molecule has 25 heavy (non-hydrogen) atoms. The number of nitrogens with zero attached hydrogens (tertiary/aromatic N) is 1. The summed E-state index contributed by atoms with van der Waals surface area (Å²) in [6.45, 7) is 3.81. The molecule has 0 bridgehead atoms. The summed E-state index contributed by atoms with van der Waals surface area (Å²) >= 11 is 1.58. The molecule has 0 atom stereocenters. The molecule has 0 unspecified atom stereocenters. The summed E-state index contributed by atoms with van der Waals surface area (Å²) < 4.78 is 5.35. The van der Waals surface area contributed by atoms with Gasteiger partial charge in [-0.15, -0.1) is 11.3 Å². The van der Waals surface area contributed by atoms with Crippen molar-refractivity contribution < 1.29 is 9.53 Å². The highest BCUT2D eigenvalue weighted by Gasteiger charge is 2.21. The summed E-state index contributed by atoms with van der Waals surface area (Å²) in [4.78, 5) is 33.9. The Morgan fingerprint density at radius 3 is 2.96 bits per heavy atom. The summed E-state index contributed by atoms with van der Waals surface area (Å²) in [6, 6.07) is 5.58. The van der Waals surface area contributed by atoms with Crippen LogP contribution in [0.5, 0.6) is 0 Å². The first kappa shape index (κ1) is 16.0. The van der Waals surface area contributed by atoms with E-state index in [0.717, 1.165) is 40.8 Å². The van der Waals surface area contributed by atoms with Gasteiger partial charge in [0.25, 0.3) is 5.56 Å². The van der Waals surface area contributed by atoms with Gasteiger partial charge in [-0.05, 0) is 50.3 Å². The Bertz CT molecular complexity index is 1050. The van der Waals surface area contributed by atoms with Crippen molar-refractivity contribution in [3.63, 3.8) is 0 Å². The monoisotopic (exact) mass is 354 g/mol. The maximum atomic E-state index is 12.4. The molecule has 0 saturated heterocycles. The van der Waals surface area contributed by atoms with Crippen molar-refractivity contribution >= 4 is 27.5 Å². The number of aromatic nitrogens is 2. The average Bonchev–Trinajstić information content (AvgIpc) is 3.13. The van der Waals surface area contributed by atoms with E-state index in [9.17, 15) is 9.59 Å². The van der Waals surface area contributed by atoms with Crippen LogP contribution in [0.25, 0.3) is 10.2 Å². The number of thiophene rings is 1. The Hall–Kier alpha value is -2.47. The number of aromatic amines is 1. The maximum absolute atomic E-state index is 12.4. The van der Waals surface area contributed by atoms with E-state index in [1.54, 1.807) is 17.4 Å². The van der Waals surface area contributed by atoms with E-state index < -0.39 is 5.97 Å². The first-order valence-corrected chi connectivity index (χ1v) is 9.12. The summed E-state index contributed by atoms with van der Waals surface area (Å²) in [5.41, 5.74) is 3.51. The molecule has 5 nitrogen and oxygen atoms in total. The van der Waals surface area contributed by atoms with Crippen LogP contribution in [-0.2, 0) is 24.2 Å². The van der Waals surface area contributed by atoms with Crippen molar-refractivity contribution in [3.05, 3.63) is 61.5 Å². The first-order chi connectivity index (χ1) is 12.0. The Labute approximate surface area is 148 Å². The number of aryl methyl sites for hydroxylation is 4. The number of benzene rings is 1. The molecule has 6 heteroatoms. The molecular formula is C19H18N2O3S. The third kappa shape index (κ3) is 2.87. The van der Waals surface area contributed by atoms with Crippen LogP contribution in [0, 0.1) is 13.8 Å². The van der Waals surface area contributed by atoms with Crippen molar-refractivity contribution in [2.75, 3.05) is 0 Å². The van der Waals surface area contributed by atoms with Gasteiger partial charge in [0.2, 0.25) is 0 Å². The van der Waals surface area contributed by atoms with Gasteiger partial charge in [-0.1, -0.05) is 17.7 Å². The molecule has 0 radical (unpaired) electrons. The molecule has 4 rings (SSSR count). The fraction of sp³-hybridized carbons (Fsp3) is 0.316. The van der Waals surface area contributed by atoms with Crippen LogP contribution in [-0.4, -0.2) is 15.9 Å². The lowest BCUT2D eigenvalue weighted by Crippen LogP contribution is -2.15. The van der Waals surface area contributed by atoms with Crippen LogP contribution in [0.3, 0.4) is 0 Å². The van der Waals surface area contributed by atoms with Crippen LogP contribution >= 0.6 is 11.3 Å². The van der Waals surface area contributed by atoms with E-state index in [2.05, 4.69) is 9.97 Å². The second-order valence-corrected chi connectivity index (χ2v) is 7.53. The molecule has 2 heterocycles. The van der Waals surface area contributed by atoms with Gasteiger partial charge in [0.1, 0.15) is 17.3 Å². The zero-order chi connectivity index (χ0) is 17.6. The van der Waals surface area contributed by atoms with Crippen molar-refractivity contribution in [1.29, 1.82) is 0 Å². The van der Waals surface area contributed by atoms with E-state index in [1.165, 1.54) is 4.88 Å². The minimum Gasteiger partial charge on any atom is -0.454 e. The van der Waals surface area contributed by atoms with Gasteiger partial charge in [-0.25, -0.2) is 9.78 Å². The number of ether oxygens (including phenoxy) is 1. The second-order valence-electron chi connectivity index (χ2n) is 6.44. The summed E-state index contributed by atoms with van der Waals surface area (Å²) in [5, 5.41) is 0.710. The lowest BCUT2D eigenvalue weighted by atomic mass is 10.1. The molecule has 0 saturated carbocycles. The number of carbonyl (C=O) groups excluding carboxylic acids is 1. The Morgan fingerprint density at radius 1 is 1.32 bits per heavy atom. The minimum absolute atomic E-state index is 0.0418. The topological polar surface area (TPSA) is 72.0 Å². The maximum Gasteiger partial charge on any atom is 0.338 e. The Morgan fingerprint density at radius 2 is 2.16 bits per heavy atom. The molecule has 2 aromatic heterocycles. The average molecular weight is 354 g/mol. The van der Waals surface area contributed by atoms with Crippen LogP contribution in [0.4, 0.5) is 0 Å². The van der Waals surface area contributed by atoms with Crippen molar-refractivity contribution in [3.8, 4) is 0 Å². The number of rotatable bonds is 3. The fourth-order valence-electron chi connectivity index (χ4n) is 3.37. The van der Waals surface area contributed by atoms with Gasteiger partial charge in [0, 0.05) is 4.88 Å². The molecule has 1 aromatic carbocycles. The normalized spacial score (nSPS) is 13.2. The molecule has 1 aliphatic rings. The third-order valence-corrected chi connectivity index (χ3v) is 5.75. The van der Waals surface area contributed by atoms with Crippen LogP contribution in [0.1, 0.15) is 44.2 Å². The highest BCUT2D eigenvalue weighted by Crippen LogP contribution is 2.34. The van der Waals surface area contributed by atoms with Gasteiger partial charge in [-0.3, -0.25) is 4.79 Å². The van der Waals surface area contributed by atoms with E-state index in [4.69, 9.17) is 4.74 Å². The summed E-state index contributed by atoms with van der Waals surface area (Å²) in [6.07, 6.45) is 3.07.